The number of nitrogens with one attached hydrogen (secondary N) is 1. The highest BCUT2D eigenvalue weighted by atomic mass is 35.5. The summed E-state index contributed by atoms with van der Waals surface area (Å²) in [6, 6.07) is 12.2. The lowest BCUT2D eigenvalue weighted by Crippen LogP contribution is -2.37. The van der Waals surface area contributed by atoms with E-state index in [4.69, 9.17) is 23.2 Å². The molecule has 2 amide bonds. The third-order valence-corrected chi connectivity index (χ3v) is 4.04. The molecule has 6 heteroatoms. The zero-order valence-corrected chi connectivity index (χ0v) is 15.0. The molecule has 4 nitrogen and oxygen atoms in total. The molecule has 0 bridgehead atoms. The number of rotatable bonds is 5. The summed E-state index contributed by atoms with van der Waals surface area (Å²) in [6.07, 6.45) is 0. The van der Waals surface area contributed by atoms with E-state index in [1.165, 1.54) is 11.8 Å². The van der Waals surface area contributed by atoms with E-state index < -0.39 is 0 Å². The Hall–Kier alpha value is -2.04. The summed E-state index contributed by atoms with van der Waals surface area (Å²) in [5.74, 6) is -0.358. The van der Waals surface area contributed by atoms with Crippen molar-refractivity contribution in [2.75, 3.05) is 18.0 Å². The highest BCUT2D eigenvalue weighted by Crippen LogP contribution is 2.29. The van der Waals surface area contributed by atoms with Crippen LogP contribution in [-0.2, 0) is 4.79 Å². The topological polar surface area (TPSA) is 49.4 Å². The molecule has 0 aliphatic rings. The molecule has 2 aromatic rings. The van der Waals surface area contributed by atoms with Crippen LogP contribution in [0.1, 0.15) is 22.8 Å². The van der Waals surface area contributed by atoms with Gasteiger partial charge in [0, 0.05) is 30.6 Å². The maximum Gasteiger partial charge on any atom is 0.251 e. The second-order valence-electron chi connectivity index (χ2n) is 5.39. The molecule has 2 aromatic carbocycles. The minimum Gasteiger partial charge on any atom is -0.350 e. The minimum absolute atomic E-state index is 0.177. The van der Waals surface area contributed by atoms with Gasteiger partial charge in [-0.25, -0.2) is 0 Å². The number of aryl methyl sites for hydroxylation is 1. The molecule has 0 atom stereocenters. The summed E-state index contributed by atoms with van der Waals surface area (Å²) in [5.41, 5.74) is 2.13. The number of nitrogens with zero attached hydrogens (tertiary/aromatic N) is 1. The van der Waals surface area contributed by atoms with Crippen molar-refractivity contribution >= 4 is 40.7 Å². The molecule has 0 saturated heterocycles. The van der Waals surface area contributed by atoms with Gasteiger partial charge in [0.1, 0.15) is 0 Å². The zero-order valence-electron chi connectivity index (χ0n) is 13.5. The normalized spacial score (nSPS) is 10.3. The molecule has 0 aromatic heterocycles. The highest BCUT2D eigenvalue weighted by molar-refractivity contribution is 6.35. The fraction of sp³-hybridized carbons (Fsp3) is 0.222. The molecular weight excluding hydrogens is 347 g/mol. The Morgan fingerprint density at radius 1 is 1.12 bits per heavy atom. The van der Waals surface area contributed by atoms with Gasteiger partial charge in [-0.1, -0.05) is 40.9 Å². The molecule has 1 N–H and O–H groups in total. The van der Waals surface area contributed by atoms with E-state index in [1.807, 2.05) is 25.1 Å². The maximum atomic E-state index is 12.1. The first-order valence-corrected chi connectivity index (χ1v) is 8.22. The van der Waals surface area contributed by atoms with E-state index in [1.54, 1.807) is 24.3 Å². The first kappa shape index (κ1) is 18.3. The van der Waals surface area contributed by atoms with Crippen molar-refractivity contribution in [2.24, 2.45) is 0 Å². The molecule has 0 heterocycles. The van der Waals surface area contributed by atoms with Crippen LogP contribution in [0.3, 0.4) is 0 Å². The molecule has 0 unspecified atom stereocenters. The van der Waals surface area contributed by atoms with Gasteiger partial charge in [0.25, 0.3) is 5.91 Å². The average molecular weight is 365 g/mol. The summed E-state index contributed by atoms with van der Waals surface area (Å²) in [4.78, 5) is 25.5. The second kappa shape index (κ2) is 8.18. The number of hydrogen-bond donors (Lipinski definition) is 1. The van der Waals surface area contributed by atoms with Crippen LogP contribution >= 0.6 is 23.2 Å². The lowest BCUT2D eigenvalue weighted by atomic mass is 10.1. The van der Waals surface area contributed by atoms with Crippen LogP contribution in [0.25, 0.3) is 0 Å². The van der Waals surface area contributed by atoms with Crippen molar-refractivity contribution in [2.45, 2.75) is 13.8 Å². The lowest BCUT2D eigenvalue weighted by molar-refractivity contribution is -0.116. The summed E-state index contributed by atoms with van der Waals surface area (Å²) in [7, 11) is 0. The number of amides is 2. The Morgan fingerprint density at radius 3 is 2.54 bits per heavy atom. The number of benzene rings is 2. The Morgan fingerprint density at radius 2 is 1.88 bits per heavy atom. The SMILES string of the molecule is CC(=O)N(CCNC(=O)c1cccc(C)c1)c1cc(Cl)ccc1Cl. The predicted molar refractivity (Wildman–Crippen MR) is 98.0 cm³/mol. The largest absolute Gasteiger partial charge is 0.350 e. The van der Waals surface area contributed by atoms with Gasteiger partial charge in [0.2, 0.25) is 5.91 Å². The quantitative estimate of drug-likeness (QED) is 0.868. The minimum atomic E-state index is -0.181. The first-order chi connectivity index (χ1) is 11.4. The van der Waals surface area contributed by atoms with Gasteiger partial charge in [0.15, 0.2) is 0 Å². The van der Waals surface area contributed by atoms with Gasteiger partial charge in [-0.05, 0) is 37.3 Å². The smallest absolute Gasteiger partial charge is 0.251 e. The van der Waals surface area contributed by atoms with E-state index in [9.17, 15) is 9.59 Å². The summed E-state index contributed by atoms with van der Waals surface area (Å²) >= 11 is 12.1. The first-order valence-electron chi connectivity index (χ1n) is 7.46. The zero-order chi connectivity index (χ0) is 17.7. The third-order valence-electron chi connectivity index (χ3n) is 3.48. The van der Waals surface area contributed by atoms with Gasteiger partial charge < -0.3 is 10.2 Å². The predicted octanol–water partition coefficient (Wildman–Crippen LogP) is 4.08. The second-order valence-corrected chi connectivity index (χ2v) is 6.24. The van der Waals surface area contributed by atoms with Crippen LogP contribution in [0.15, 0.2) is 42.5 Å². The van der Waals surface area contributed by atoms with E-state index in [2.05, 4.69) is 5.32 Å². The molecule has 2 rings (SSSR count). The number of hydrogen-bond acceptors (Lipinski definition) is 2. The Kier molecular flexibility index (Phi) is 6.23. The van der Waals surface area contributed by atoms with Crippen molar-refractivity contribution in [3.05, 3.63) is 63.6 Å². The Labute approximate surface area is 151 Å². The van der Waals surface area contributed by atoms with E-state index in [-0.39, 0.29) is 11.8 Å². The lowest BCUT2D eigenvalue weighted by Gasteiger charge is -2.22. The van der Waals surface area contributed by atoms with Crippen LogP contribution < -0.4 is 10.2 Å². The monoisotopic (exact) mass is 364 g/mol. The molecular formula is C18H18Cl2N2O2. The Balaban J connectivity index is 2.03. The fourth-order valence-corrected chi connectivity index (χ4v) is 2.70. The van der Waals surface area contributed by atoms with Crippen molar-refractivity contribution in [1.29, 1.82) is 0 Å². The van der Waals surface area contributed by atoms with Crippen molar-refractivity contribution in [1.82, 2.24) is 5.32 Å². The molecule has 0 radical (unpaired) electrons. The number of halogens is 2. The van der Waals surface area contributed by atoms with Crippen molar-refractivity contribution < 1.29 is 9.59 Å². The van der Waals surface area contributed by atoms with Crippen LogP contribution in [0, 0.1) is 6.92 Å². The van der Waals surface area contributed by atoms with E-state index >= 15 is 0 Å². The van der Waals surface area contributed by atoms with Gasteiger partial charge >= 0.3 is 0 Å². The van der Waals surface area contributed by atoms with Gasteiger partial charge in [-0.15, -0.1) is 0 Å². The molecule has 0 aliphatic carbocycles. The fourth-order valence-electron chi connectivity index (χ4n) is 2.31. The van der Waals surface area contributed by atoms with Gasteiger partial charge in [0.05, 0.1) is 10.7 Å². The molecule has 0 spiro atoms. The van der Waals surface area contributed by atoms with Crippen molar-refractivity contribution in [3.8, 4) is 0 Å². The highest BCUT2D eigenvalue weighted by Gasteiger charge is 2.15. The van der Waals surface area contributed by atoms with Crippen LogP contribution in [0.2, 0.25) is 10.0 Å². The Bertz CT molecular complexity index is 762. The van der Waals surface area contributed by atoms with Gasteiger partial charge in [-0.2, -0.15) is 0 Å². The van der Waals surface area contributed by atoms with Crippen LogP contribution in [-0.4, -0.2) is 24.9 Å². The van der Waals surface area contributed by atoms with E-state index in [0.717, 1.165) is 5.56 Å². The average Bonchev–Trinajstić information content (AvgIpc) is 2.53. The molecule has 24 heavy (non-hydrogen) atoms. The van der Waals surface area contributed by atoms with Crippen LogP contribution in [0.4, 0.5) is 5.69 Å². The summed E-state index contributed by atoms with van der Waals surface area (Å²) in [6.45, 7) is 3.97. The van der Waals surface area contributed by atoms with Crippen molar-refractivity contribution in [3.63, 3.8) is 0 Å². The number of carbonyl (C=O) groups is 2. The summed E-state index contributed by atoms with van der Waals surface area (Å²) in [5, 5.41) is 3.73. The molecule has 0 aliphatic heterocycles. The molecule has 0 saturated carbocycles. The number of carbonyl (C=O) groups excluding carboxylic acids is 2. The maximum absolute atomic E-state index is 12.1. The summed E-state index contributed by atoms with van der Waals surface area (Å²) < 4.78 is 0. The molecule has 126 valence electrons. The van der Waals surface area contributed by atoms with E-state index in [0.29, 0.717) is 34.4 Å². The van der Waals surface area contributed by atoms with Gasteiger partial charge in [-0.3, -0.25) is 9.59 Å². The number of anilines is 1. The standard InChI is InChI=1S/C18H18Cl2N2O2/c1-12-4-3-5-14(10-12)18(24)21-8-9-22(13(2)23)17-11-15(19)6-7-16(17)20/h3-7,10-11H,8-9H2,1-2H3,(H,21,24). The molecule has 0 fully saturated rings. The van der Waals surface area contributed by atoms with Crippen LogP contribution in [0.5, 0.6) is 0 Å². The third kappa shape index (κ3) is 4.73.